The lowest BCUT2D eigenvalue weighted by molar-refractivity contribution is -0.140. The molecule has 0 spiro atoms. The summed E-state index contributed by atoms with van der Waals surface area (Å²) in [5.74, 6) is -0.348. The van der Waals surface area contributed by atoms with Crippen molar-refractivity contribution in [1.29, 1.82) is 0 Å². The molecule has 5 nitrogen and oxygen atoms in total. The molecular weight excluding hydrogens is 270 g/mol. The van der Waals surface area contributed by atoms with Crippen LogP contribution >= 0.6 is 0 Å². The largest absolute Gasteiger partial charge is 0.496 e. The number of ether oxygens (including phenoxy) is 1. The first kappa shape index (κ1) is 15.4. The van der Waals surface area contributed by atoms with E-state index in [9.17, 15) is 9.59 Å². The normalized spacial score (nSPS) is 15.9. The number of aryl methyl sites for hydroxylation is 1. The zero-order valence-corrected chi connectivity index (χ0v) is 12.4. The van der Waals surface area contributed by atoms with Gasteiger partial charge in [-0.25, -0.2) is 0 Å². The summed E-state index contributed by atoms with van der Waals surface area (Å²) < 4.78 is 5.26. The third-order valence-electron chi connectivity index (χ3n) is 3.99. The van der Waals surface area contributed by atoms with Crippen LogP contribution in [0.3, 0.4) is 0 Å². The Balaban J connectivity index is 2.04. The summed E-state index contributed by atoms with van der Waals surface area (Å²) in [5, 5.41) is 11.9. The molecule has 1 aromatic carbocycles. The lowest BCUT2D eigenvalue weighted by atomic mass is 9.74. The first-order chi connectivity index (χ1) is 9.94. The van der Waals surface area contributed by atoms with Gasteiger partial charge in [-0.2, -0.15) is 0 Å². The van der Waals surface area contributed by atoms with E-state index in [-0.39, 0.29) is 18.7 Å². The predicted molar refractivity (Wildman–Crippen MR) is 78.4 cm³/mol. The Morgan fingerprint density at radius 1 is 1.38 bits per heavy atom. The van der Waals surface area contributed by atoms with Crippen LogP contribution in [0.2, 0.25) is 0 Å². The molecular formula is C16H21NO4. The van der Waals surface area contributed by atoms with E-state index in [1.807, 2.05) is 25.1 Å². The number of nitrogens with one attached hydrogen (secondary N) is 1. The predicted octanol–water partition coefficient (Wildman–Crippen LogP) is 2.06. The van der Waals surface area contributed by atoms with Gasteiger partial charge in [-0.3, -0.25) is 9.59 Å². The van der Waals surface area contributed by atoms with E-state index in [1.165, 1.54) is 0 Å². The Hall–Kier alpha value is -2.04. The van der Waals surface area contributed by atoms with E-state index in [0.29, 0.717) is 5.75 Å². The Kier molecular flexibility index (Phi) is 4.50. The summed E-state index contributed by atoms with van der Waals surface area (Å²) in [6.07, 6.45) is 2.61. The molecule has 1 saturated carbocycles. The molecule has 0 radical (unpaired) electrons. The van der Waals surface area contributed by atoms with E-state index in [2.05, 4.69) is 5.32 Å². The smallest absolute Gasteiger partial charge is 0.305 e. The average molecular weight is 291 g/mol. The summed E-state index contributed by atoms with van der Waals surface area (Å²) in [6, 6.07) is 5.69. The maximum absolute atomic E-state index is 12.2. The fourth-order valence-electron chi connectivity index (χ4n) is 2.80. The number of benzene rings is 1. The van der Waals surface area contributed by atoms with Gasteiger partial charge < -0.3 is 15.2 Å². The van der Waals surface area contributed by atoms with Crippen LogP contribution in [0.15, 0.2) is 18.2 Å². The van der Waals surface area contributed by atoms with Crippen LogP contribution in [0.25, 0.3) is 0 Å². The number of amides is 1. The molecule has 1 fully saturated rings. The van der Waals surface area contributed by atoms with Crippen molar-refractivity contribution in [3.05, 3.63) is 29.3 Å². The molecule has 1 amide bonds. The number of carboxylic acid groups (broad SMARTS) is 1. The topological polar surface area (TPSA) is 75.6 Å². The monoisotopic (exact) mass is 291 g/mol. The first-order valence-corrected chi connectivity index (χ1v) is 7.10. The molecule has 0 aliphatic heterocycles. The van der Waals surface area contributed by atoms with Gasteiger partial charge in [0.25, 0.3) is 0 Å². The SMILES string of the molecule is COc1ccc(C)cc1CC(=O)NC1(CC(=O)O)CCC1. The Labute approximate surface area is 124 Å². The molecule has 1 aliphatic carbocycles. The lowest BCUT2D eigenvalue weighted by Gasteiger charge is -2.41. The quantitative estimate of drug-likeness (QED) is 0.841. The minimum absolute atomic E-state index is 0.0102. The highest BCUT2D eigenvalue weighted by molar-refractivity contribution is 5.81. The second-order valence-corrected chi connectivity index (χ2v) is 5.74. The van der Waals surface area contributed by atoms with Crippen LogP contribution in [0, 0.1) is 6.92 Å². The summed E-state index contributed by atoms with van der Waals surface area (Å²) in [6.45, 7) is 1.96. The standard InChI is InChI=1S/C16H21NO4/c1-11-4-5-13(21-2)12(8-11)9-14(18)17-16(6-3-7-16)10-15(19)20/h4-5,8H,3,6-7,9-10H2,1-2H3,(H,17,18)(H,19,20). The van der Waals surface area contributed by atoms with Crippen molar-refractivity contribution < 1.29 is 19.4 Å². The summed E-state index contributed by atoms with van der Waals surface area (Å²) in [5.41, 5.74) is 1.32. The van der Waals surface area contributed by atoms with Crippen LogP contribution < -0.4 is 10.1 Å². The van der Waals surface area contributed by atoms with Crippen molar-refractivity contribution in [2.45, 2.75) is 44.6 Å². The van der Waals surface area contributed by atoms with Gasteiger partial charge in [0.2, 0.25) is 5.91 Å². The molecule has 5 heteroatoms. The highest BCUT2D eigenvalue weighted by Crippen LogP contribution is 2.35. The van der Waals surface area contributed by atoms with Crippen LogP contribution in [-0.2, 0) is 16.0 Å². The highest BCUT2D eigenvalue weighted by atomic mass is 16.5. The van der Waals surface area contributed by atoms with Crippen molar-refractivity contribution in [3.8, 4) is 5.75 Å². The number of carbonyl (C=O) groups excluding carboxylic acids is 1. The van der Waals surface area contributed by atoms with E-state index in [1.54, 1.807) is 7.11 Å². The first-order valence-electron chi connectivity index (χ1n) is 7.10. The Bertz CT molecular complexity index is 549. The summed E-state index contributed by atoms with van der Waals surface area (Å²) >= 11 is 0. The van der Waals surface area contributed by atoms with Crippen LogP contribution in [-0.4, -0.2) is 29.6 Å². The average Bonchev–Trinajstić information content (AvgIpc) is 2.35. The third-order valence-corrected chi connectivity index (χ3v) is 3.99. The number of rotatable bonds is 6. The molecule has 0 aromatic heterocycles. The van der Waals surface area contributed by atoms with Crippen molar-refractivity contribution in [1.82, 2.24) is 5.32 Å². The molecule has 0 saturated heterocycles. The van der Waals surface area contributed by atoms with Gasteiger partial charge >= 0.3 is 5.97 Å². The third kappa shape index (κ3) is 3.74. The summed E-state index contributed by atoms with van der Waals surface area (Å²) in [4.78, 5) is 23.1. The van der Waals surface area contributed by atoms with Gasteiger partial charge in [0, 0.05) is 5.56 Å². The fraction of sp³-hybridized carbons (Fsp3) is 0.500. The molecule has 2 N–H and O–H groups in total. The zero-order valence-electron chi connectivity index (χ0n) is 12.4. The number of hydrogen-bond acceptors (Lipinski definition) is 3. The van der Waals surface area contributed by atoms with E-state index in [0.717, 1.165) is 30.4 Å². The Morgan fingerprint density at radius 3 is 2.62 bits per heavy atom. The van der Waals surface area contributed by atoms with Crippen molar-refractivity contribution in [2.24, 2.45) is 0 Å². The van der Waals surface area contributed by atoms with E-state index >= 15 is 0 Å². The molecule has 0 unspecified atom stereocenters. The van der Waals surface area contributed by atoms with E-state index in [4.69, 9.17) is 9.84 Å². The van der Waals surface area contributed by atoms with Gasteiger partial charge in [-0.1, -0.05) is 17.7 Å². The Morgan fingerprint density at radius 2 is 2.10 bits per heavy atom. The molecule has 0 atom stereocenters. The van der Waals surface area contributed by atoms with Gasteiger partial charge in [-0.15, -0.1) is 0 Å². The maximum Gasteiger partial charge on any atom is 0.305 e. The second-order valence-electron chi connectivity index (χ2n) is 5.74. The number of carbonyl (C=O) groups is 2. The minimum atomic E-state index is -0.872. The molecule has 1 aliphatic rings. The van der Waals surface area contributed by atoms with Crippen LogP contribution in [0.1, 0.15) is 36.8 Å². The molecule has 114 valence electrons. The summed E-state index contributed by atoms with van der Waals surface area (Å²) in [7, 11) is 1.57. The van der Waals surface area contributed by atoms with Crippen LogP contribution in [0.5, 0.6) is 5.75 Å². The van der Waals surface area contributed by atoms with Crippen LogP contribution in [0.4, 0.5) is 0 Å². The molecule has 2 rings (SSSR count). The number of aliphatic carboxylic acids is 1. The molecule has 0 bridgehead atoms. The second kappa shape index (κ2) is 6.16. The van der Waals surface area contributed by atoms with Gasteiger partial charge in [0.1, 0.15) is 5.75 Å². The van der Waals surface area contributed by atoms with Gasteiger partial charge in [0.05, 0.1) is 25.5 Å². The fourth-order valence-corrected chi connectivity index (χ4v) is 2.80. The molecule has 1 aromatic rings. The van der Waals surface area contributed by atoms with Gasteiger partial charge in [-0.05, 0) is 32.3 Å². The van der Waals surface area contributed by atoms with Crippen molar-refractivity contribution in [2.75, 3.05) is 7.11 Å². The van der Waals surface area contributed by atoms with Gasteiger partial charge in [0.15, 0.2) is 0 Å². The minimum Gasteiger partial charge on any atom is -0.496 e. The molecule has 21 heavy (non-hydrogen) atoms. The lowest BCUT2D eigenvalue weighted by Crippen LogP contribution is -2.55. The highest BCUT2D eigenvalue weighted by Gasteiger charge is 2.40. The number of carboxylic acids is 1. The zero-order chi connectivity index (χ0) is 15.5. The number of hydrogen-bond donors (Lipinski definition) is 2. The maximum atomic E-state index is 12.2. The van der Waals surface area contributed by atoms with Crippen molar-refractivity contribution in [3.63, 3.8) is 0 Å². The molecule has 0 heterocycles. The number of methoxy groups -OCH3 is 1. The van der Waals surface area contributed by atoms with E-state index < -0.39 is 11.5 Å². The van der Waals surface area contributed by atoms with Crippen molar-refractivity contribution >= 4 is 11.9 Å².